The number of rotatable bonds is 3. The van der Waals surface area contributed by atoms with Crippen LogP contribution in [0.3, 0.4) is 0 Å². The Morgan fingerprint density at radius 2 is 1.78 bits per heavy atom. The van der Waals surface area contributed by atoms with Crippen molar-refractivity contribution in [2.45, 2.75) is 13.0 Å². The molecule has 2 aromatic rings. The fourth-order valence-electron chi connectivity index (χ4n) is 1.92. The van der Waals surface area contributed by atoms with Gasteiger partial charge >= 0.3 is 0 Å². The Morgan fingerprint density at radius 1 is 1.11 bits per heavy atom. The lowest BCUT2D eigenvalue weighted by molar-refractivity contribution is 0.208. The average Bonchev–Trinajstić information content (AvgIpc) is 2.42. The number of ether oxygens (including phenoxy) is 1. The van der Waals surface area contributed by atoms with Crippen LogP contribution in [0.1, 0.15) is 22.8 Å². The second-order valence-electron chi connectivity index (χ2n) is 4.13. The van der Waals surface area contributed by atoms with E-state index in [-0.39, 0.29) is 5.56 Å². The lowest BCUT2D eigenvalue weighted by Gasteiger charge is -2.17. The average molecular weight is 246 g/mol. The van der Waals surface area contributed by atoms with E-state index in [1.54, 1.807) is 43.3 Å². The molecule has 1 atom stereocenters. The van der Waals surface area contributed by atoms with Crippen molar-refractivity contribution in [3.05, 3.63) is 65.0 Å². The zero-order valence-corrected chi connectivity index (χ0v) is 10.4. The minimum atomic E-state index is -1.03. The molecule has 2 aromatic carbocycles. The fourth-order valence-corrected chi connectivity index (χ4v) is 1.92. The minimum Gasteiger partial charge on any atom is -0.496 e. The molecule has 0 spiro atoms. The van der Waals surface area contributed by atoms with Crippen LogP contribution in [-0.4, -0.2) is 12.2 Å². The molecule has 3 heteroatoms. The highest BCUT2D eigenvalue weighted by molar-refractivity contribution is 5.43. The number of hydrogen-bond acceptors (Lipinski definition) is 2. The highest BCUT2D eigenvalue weighted by atomic mass is 19.1. The highest BCUT2D eigenvalue weighted by Crippen LogP contribution is 2.33. The van der Waals surface area contributed by atoms with E-state index in [2.05, 4.69) is 0 Å². The predicted molar refractivity (Wildman–Crippen MR) is 68.2 cm³/mol. The van der Waals surface area contributed by atoms with Crippen molar-refractivity contribution in [1.29, 1.82) is 0 Å². The number of halogens is 1. The quantitative estimate of drug-likeness (QED) is 0.901. The maximum absolute atomic E-state index is 14.1. The summed E-state index contributed by atoms with van der Waals surface area (Å²) < 4.78 is 19.3. The van der Waals surface area contributed by atoms with Gasteiger partial charge in [-0.3, -0.25) is 0 Å². The zero-order valence-electron chi connectivity index (χ0n) is 10.4. The van der Waals surface area contributed by atoms with Crippen LogP contribution in [-0.2, 0) is 0 Å². The standard InChI is InChI=1S/C15H15FO2/c1-10-8-9-12(18-2)13(14(10)16)15(17)11-6-4-3-5-7-11/h3-9,15,17H,1-2H3. The number of aliphatic hydroxyl groups is 1. The van der Waals surface area contributed by atoms with Gasteiger partial charge in [0.05, 0.1) is 12.7 Å². The molecular weight excluding hydrogens is 231 g/mol. The maximum Gasteiger partial charge on any atom is 0.135 e. The van der Waals surface area contributed by atoms with E-state index < -0.39 is 11.9 Å². The number of hydrogen-bond donors (Lipinski definition) is 1. The van der Waals surface area contributed by atoms with Crippen LogP contribution in [0.4, 0.5) is 4.39 Å². The summed E-state index contributed by atoms with van der Waals surface area (Å²) in [5, 5.41) is 10.3. The van der Waals surface area contributed by atoms with Gasteiger partial charge in [0, 0.05) is 0 Å². The van der Waals surface area contributed by atoms with Gasteiger partial charge in [-0.1, -0.05) is 36.4 Å². The van der Waals surface area contributed by atoms with Gasteiger partial charge in [0.1, 0.15) is 17.7 Å². The largest absolute Gasteiger partial charge is 0.496 e. The van der Waals surface area contributed by atoms with Crippen LogP contribution in [0, 0.1) is 12.7 Å². The van der Waals surface area contributed by atoms with E-state index in [9.17, 15) is 9.50 Å². The molecule has 0 heterocycles. The first-order valence-corrected chi connectivity index (χ1v) is 5.71. The molecule has 0 radical (unpaired) electrons. The molecule has 2 rings (SSSR count). The smallest absolute Gasteiger partial charge is 0.135 e. The minimum absolute atomic E-state index is 0.184. The van der Waals surface area contributed by atoms with Crippen LogP contribution in [0.5, 0.6) is 5.75 Å². The second kappa shape index (κ2) is 5.19. The number of methoxy groups -OCH3 is 1. The Bertz CT molecular complexity index is 538. The van der Waals surface area contributed by atoms with E-state index in [0.717, 1.165) is 0 Å². The molecule has 1 unspecified atom stereocenters. The Kier molecular flexibility index (Phi) is 3.63. The summed E-state index contributed by atoms with van der Waals surface area (Å²) in [4.78, 5) is 0. The molecule has 0 fully saturated rings. The molecule has 94 valence electrons. The first kappa shape index (κ1) is 12.6. The third kappa shape index (κ3) is 2.22. The fraction of sp³-hybridized carbons (Fsp3) is 0.200. The van der Waals surface area contributed by atoms with Gasteiger partial charge < -0.3 is 9.84 Å². The van der Waals surface area contributed by atoms with Gasteiger partial charge in [-0.05, 0) is 24.1 Å². The van der Waals surface area contributed by atoms with E-state index in [1.807, 2.05) is 6.07 Å². The third-order valence-electron chi connectivity index (χ3n) is 2.94. The Morgan fingerprint density at radius 3 is 2.39 bits per heavy atom. The summed E-state index contributed by atoms with van der Waals surface area (Å²) in [6, 6.07) is 12.3. The number of benzene rings is 2. The highest BCUT2D eigenvalue weighted by Gasteiger charge is 2.21. The SMILES string of the molecule is COc1ccc(C)c(F)c1C(O)c1ccccc1. The zero-order chi connectivity index (χ0) is 13.1. The van der Waals surface area contributed by atoms with Crippen LogP contribution in [0.15, 0.2) is 42.5 Å². The van der Waals surface area contributed by atoms with Crippen molar-refractivity contribution >= 4 is 0 Å². The molecule has 1 N–H and O–H groups in total. The Hall–Kier alpha value is -1.87. The molecule has 2 nitrogen and oxygen atoms in total. The van der Waals surface area contributed by atoms with Gasteiger partial charge in [-0.15, -0.1) is 0 Å². The molecular formula is C15H15FO2. The van der Waals surface area contributed by atoms with Crippen molar-refractivity contribution in [3.8, 4) is 5.75 Å². The van der Waals surface area contributed by atoms with E-state index in [4.69, 9.17) is 4.74 Å². The molecule has 0 amide bonds. The first-order chi connectivity index (χ1) is 8.65. The van der Waals surface area contributed by atoms with E-state index in [0.29, 0.717) is 16.9 Å². The molecule has 0 saturated carbocycles. The topological polar surface area (TPSA) is 29.5 Å². The summed E-state index contributed by atoms with van der Waals surface area (Å²) >= 11 is 0. The normalized spacial score (nSPS) is 12.2. The summed E-state index contributed by atoms with van der Waals surface area (Å²) in [5.41, 5.74) is 1.31. The Labute approximate surface area is 106 Å². The molecule has 0 saturated heterocycles. The Balaban J connectivity index is 2.53. The molecule has 0 aromatic heterocycles. The number of aliphatic hydroxyl groups excluding tert-OH is 1. The van der Waals surface area contributed by atoms with Crippen molar-refractivity contribution in [2.24, 2.45) is 0 Å². The van der Waals surface area contributed by atoms with Gasteiger partial charge in [-0.25, -0.2) is 4.39 Å². The van der Waals surface area contributed by atoms with E-state index >= 15 is 0 Å². The second-order valence-corrected chi connectivity index (χ2v) is 4.13. The lowest BCUT2D eigenvalue weighted by atomic mass is 9.98. The predicted octanol–water partition coefficient (Wildman–Crippen LogP) is 3.22. The number of aryl methyl sites for hydroxylation is 1. The molecule has 0 aliphatic rings. The lowest BCUT2D eigenvalue weighted by Crippen LogP contribution is -2.06. The van der Waals surface area contributed by atoms with Gasteiger partial charge in [-0.2, -0.15) is 0 Å². The first-order valence-electron chi connectivity index (χ1n) is 5.71. The van der Waals surface area contributed by atoms with Crippen molar-refractivity contribution < 1.29 is 14.2 Å². The summed E-state index contributed by atoms with van der Waals surface area (Å²) in [7, 11) is 1.46. The molecule has 0 bridgehead atoms. The van der Waals surface area contributed by atoms with Gasteiger partial charge in [0.15, 0.2) is 0 Å². The third-order valence-corrected chi connectivity index (χ3v) is 2.94. The van der Waals surface area contributed by atoms with Gasteiger partial charge in [0.2, 0.25) is 0 Å². The molecule has 18 heavy (non-hydrogen) atoms. The monoisotopic (exact) mass is 246 g/mol. The van der Waals surface area contributed by atoms with Crippen molar-refractivity contribution in [1.82, 2.24) is 0 Å². The summed E-state index contributed by atoms with van der Waals surface area (Å²) in [6.07, 6.45) is -1.03. The van der Waals surface area contributed by atoms with Crippen molar-refractivity contribution in [2.75, 3.05) is 7.11 Å². The van der Waals surface area contributed by atoms with Crippen molar-refractivity contribution in [3.63, 3.8) is 0 Å². The van der Waals surface area contributed by atoms with Crippen LogP contribution in [0.25, 0.3) is 0 Å². The molecule has 0 aliphatic carbocycles. The molecule has 0 aliphatic heterocycles. The van der Waals surface area contributed by atoms with Crippen LogP contribution in [0.2, 0.25) is 0 Å². The van der Waals surface area contributed by atoms with Crippen LogP contribution < -0.4 is 4.74 Å². The van der Waals surface area contributed by atoms with E-state index in [1.165, 1.54) is 7.11 Å². The summed E-state index contributed by atoms with van der Waals surface area (Å²) in [6.45, 7) is 1.66. The van der Waals surface area contributed by atoms with Gasteiger partial charge in [0.25, 0.3) is 0 Å². The maximum atomic E-state index is 14.1. The van der Waals surface area contributed by atoms with Crippen LogP contribution >= 0.6 is 0 Å². The summed E-state index contributed by atoms with van der Waals surface area (Å²) in [5.74, 6) is -0.0693.